The van der Waals surface area contributed by atoms with Gasteiger partial charge >= 0.3 is 0 Å². The van der Waals surface area contributed by atoms with Gasteiger partial charge in [-0.3, -0.25) is 4.79 Å². The number of amides is 1. The molecule has 0 aromatic heterocycles. The minimum absolute atomic E-state index is 0.0271. The molecule has 0 fully saturated rings. The molecular formula is C21H18ClN5O2. The first-order chi connectivity index (χ1) is 13.9. The number of carbonyl (C=O) groups is 1. The summed E-state index contributed by atoms with van der Waals surface area (Å²) in [7, 11) is 1.92. The molecule has 0 spiro atoms. The molecule has 8 heteroatoms. The van der Waals surface area contributed by atoms with Gasteiger partial charge in [-0.25, -0.2) is 0 Å². The Hall–Kier alpha value is -3.31. The van der Waals surface area contributed by atoms with Crippen molar-refractivity contribution in [1.29, 1.82) is 15.8 Å². The largest absolute Gasteiger partial charge is 0.508 e. The van der Waals surface area contributed by atoms with Crippen molar-refractivity contribution in [3.05, 3.63) is 52.7 Å². The first-order valence-corrected chi connectivity index (χ1v) is 9.46. The first-order valence-electron chi connectivity index (χ1n) is 8.92. The van der Waals surface area contributed by atoms with E-state index in [1.807, 2.05) is 18.0 Å². The lowest BCUT2D eigenvalue weighted by Gasteiger charge is -2.45. The van der Waals surface area contributed by atoms with Gasteiger partial charge in [-0.05, 0) is 30.3 Å². The van der Waals surface area contributed by atoms with Gasteiger partial charge < -0.3 is 15.3 Å². The minimum atomic E-state index is -1.80. The molecule has 7 nitrogen and oxygen atoms in total. The van der Waals surface area contributed by atoms with Crippen LogP contribution in [0.4, 0.5) is 0 Å². The van der Waals surface area contributed by atoms with E-state index < -0.39 is 17.2 Å². The predicted molar refractivity (Wildman–Crippen MR) is 105 cm³/mol. The smallest absolute Gasteiger partial charge is 0.239 e. The molecule has 0 saturated carbocycles. The number of phenolic OH excluding ortho intramolecular Hbond substituents is 1. The number of aromatic hydroxyl groups is 1. The summed E-state index contributed by atoms with van der Waals surface area (Å²) in [6.07, 6.45) is 1.89. The lowest BCUT2D eigenvalue weighted by atomic mass is 9.58. The third-order valence-corrected chi connectivity index (χ3v) is 5.68. The topological polar surface area (TPSA) is 124 Å². The van der Waals surface area contributed by atoms with Crippen LogP contribution in [0.2, 0.25) is 0 Å². The Bertz CT molecular complexity index is 1010. The van der Waals surface area contributed by atoms with Gasteiger partial charge in [-0.1, -0.05) is 18.2 Å². The molecule has 0 saturated heterocycles. The number of nitrogens with one attached hydrogen (secondary N) is 1. The number of hydrogen-bond acceptors (Lipinski definition) is 6. The lowest BCUT2D eigenvalue weighted by Crippen LogP contribution is -2.49. The molecule has 2 aliphatic rings. The molecule has 29 heavy (non-hydrogen) atoms. The van der Waals surface area contributed by atoms with Crippen LogP contribution in [0.25, 0.3) is 0 Å². The zero-order chi connectivity index (χ0) is 21.2. The van der Waals surface area contributed by atoms with Gasteiger partial charge in [0.15, 0.2) is 5.41 Å². The monoisotopic (exact) mass is 407 g/mol. The van der Waals surface area contributed by atoms with E-state index in [2.05, 4.69) is 23.5 Å². The van der Waals surface area contributed by atoms with Gasteiger partial charge in [-0.15, -0.1) is 11.6 Å². The number of hydrogen-bond donors (Lipinski definition) is 2. The Kier molecular flexibility index (Phi) is 5.62. The van der Waals surface area contributed by atoms with E-state index in [-0.39, 0.29) is 28.8 Å². The number of alkyl halides is 1. The number of carbonyl (C=O) groups excluding carboxylic acids is 1. The highest BCUT2D eigenvalue weighted by atomic mass is 35.5. The van der Waals surface area contributed by atoms with Crippen molar-refractivity contribution in [1.82, 2.24) is 10.2 Å². The van der Waals surface area contributed by atoms with Gasteiger partial charge in [0.1, 0.15) is 17.7 Å². The van der Waals surface area contributed by atoms with Crippen LogP contribution in [0.3, 0.4) is 0 Å². The molecule has 1 aliphatic carbocycles. The van der Waals surface area contributed by atoms with E-state index in [4.69, 9.17) is 11.6 Å². The average Bonchev–Trinajstić information content (AvgIpc) is 2.73. The van der Waals surface area contributed by atoms with Crippen LogP contribution in [0.15, 0.2) is 47.2 Å². The van der Waals surface area contributed by atoms with E-state index in [0.29, 0.717) is 24.2 Å². The molecule has 3 rings (SSSR count). The van der Waals surface area contributed by atoms with Crippen molar-refractivity contribution < 1.29 is 9.90 Å². The second-order valence-electron chi connectivity index (χ2n) is 7.13. The molecule has 2 atom stereocenters. The van der Waals surface area contributed by atoms with Gasteiger partial charge in [0.2, 0.25) is 5.91 Å². The number of rotatable bonds is 3. The van der Waals surface area contributed by atoms with Crippen molar-refractivity contribution >= 4 is 17.5 Å². The number of benzene rings is 1. The van der Waals surface area contributed by atoms with Gasteiger partial charge in [0.25, 0.3) is 0 Å². The van der Waals surface area contributed by atoms with Gasteiger partial charge in [0, 0.05) is 24.9 Å². The molecule has 1 aromatic carbocycles. The molecule has 1 aromatic rings. The molecule has 1 amide bonds. The summed E-state index contributed by atoms with van der Waals surface area (Å²) < 4.78 is 0. The maximum atomic E-state index is 12.1. The fourth-order valence-corrected chi connectivity index (χ4v) is 4.25. The quantitative estimate of drug-likeness (QED) is 0.739. The Labute approximate surface area is 173 Å². The number of nitrogens with zero attached hydrogens (tertiary/aromatic N) is 4. The Morgan fingerprint density at radius 3 is 2.52 bits per heavy atom. The van der Waals surface area contributed by atoms with Crippen molar-refractivity contribution in [3.63, 3.8) is 0 Å². The summed E-state index contributed by atoms with van der Waals surface area (Å²) in [5.74, 6) is -1.88. The summed E-state index contributed by atoms with van der Waals surface area (Å²) in [6, 6.07) is 12.6. The molecule has 146 valence electrons. The fraction of sp³-hybridized carbons (Fsp3) is 0.333. The fourth-order valence-electron chi connectivity index (χ4n) is 4.18. The van der Waals surface area contributed by atoms with E-state index in [9.17, 15) is 25.7 Å². The SMILES string of the molecule is CN1CC=C2C(C#N)=C(NC(=O)CCl)C(C#N)(C#N)[C@@H](c3ccc(O)cc3)[C@H]2C1. The van der Waals surface area contributed by atoms with Crippen molar-refractivity contribution in [3.8, 4) is 24.0 Å². The van der Waals surface area contributed by atoms with Crippen LogP contribution in [0.5, 0.6) is 5.75 Å². The Balaban J connectivity index is 2.35. The van der Waals surface area contributed by atoms with Crippen LogP contribution in [0, 0.1) is 45.3 Å². The van der Waals surface area contributed by atoms with Crippen LogP contribution in [-0.2, 0) is 4.79 Å². The number of halogens is 1. The van der Waals surface area contributed by atoms with Crippen molar-refractivity contribution in [2.24, 2.45) is 11.3 Å². The van der Waals surface area contributed by atoms with E-state index in [0.717, 1.165) is 0 Å². The standard InChI is InChI=1S/C21H18ClN5O2/c1-27-7-6-15-16(9-23)20(26-18(29)8-22)21(11-24,12-25)19(17(15)10-27)13-2-4-14(28)5-3-13/h2-6,17,19,28H,7-8,10H2,1H3,(H,26,29)/t17-,19-/m0/s1. The molecule has 1 heterocycles. The Morgan fingerprint density at radius 1 is 1.31 bits per heavy atom. The molecular weight excluding hydrogens is 390 g/mol. The summed E-state index contributed by atoms with van der Waals surface area (Å²) in [5, 5.41) is 42.4. The number of phenols is 1. The number of fused-ring (bicyclic) bond motifs is 1. The third kappa shape index (κ3) is 3.34. The van der Waals surface area contributed by atoms with Crippen LogP contribution >= 0.6 is 11.6 Å². The zero-order valence-corrected chi connectivity index (χ0v) is 16.4. The average molecular weight is 408 g/mol. The maximum Gasteiger partial charge on any atom is 0.239 e. The van der Waals surface area contributed by atoms with Gasteiger partial charge in [-0.2, -0.15) is 15.8 Å². The van der Waals surface area contributed by atoms with Crippen molar-refractivity contribution in [2.45, 2.75) is 5.92 Å². The lowest BCUT2D eigenvalue weighted by molar-refractivity contribution is -0.118. The van der Waals surface area contributed by atoms with Crippen molar-refractivity contribution in [2.75, 3.05) is 26.0 Å². The number of allylic oxidation sites excluding steroid dienone is 2. The highest BCUT2D eigenvalue weighted by Crippen LogP contribution is 2.54. The Morgan fingerprint density at radius 2 is 1.97 bits per heavy atom. The maximum absolute atomic E-state index is 12.1. The summed E-state index contributed by atoms with van der Waals surface area (Å²) in [6.45, 7) is 1.13. The second kappa shape index (κ2) is 7.97. The van der Waals surface area contributed by atoms with Gasteiger partial charge in [0.05, 0.1) is 23.4 Å². The molecule has 0 radical (unpaired) electrons. The first kappa shape index (κ1) is 20.4. The van der Waals surface area contributed by atoms with Crippen LogP contribution < -0.4 is 5.32 Å². The number of likely N-dealkylation sites (N-methyl/N-ethyl adjacent to an activating group) is 1. The minimum Gasteiger partial charge on any atom is -0.508 e. The van der Waals surface area contributed by atoms with E-state index >= 15 is 0 Å². The zero-order valence-electron chi connectivity index (χ0n) is 15.7. The van der Waals surface area contributed by atoms with E-state index in [1.165, 1.54) is 12.1 Å². The molecule has 0 bridgehead atoms. The van der Waals surface area contributed by atoms with Crippen LogP contribution in [0.1, 0.15) is 11.5 Å². The summed E-state index contributed by atoms with van der Waals surface area (Å²) in [5.41, 5.74) is -0.328. The second-order valence-corrected chi connectivity index (χ2v) is 7.40. The predicted octanol–water partition coefficient (Wildman–Crippen LogP) is 2.14. The summed E-state index contributed by atoms with van der Waals surface area (Å²) >= 11 is 5.64. The highest BCUT2D eigenvalue weighted by molar-refractivity contribution is 6.27. The molecule has 0 unspecified atom stereocenters. The van der Waals surface area contributed by atoms with Crippen LogP contribution in [-0.4, -0.2) is 41.9 Å². The number of nitriles is 3. The summed E-state index contributed by atoms with van der Waals surface area (Å²) in [4.78, 5) is 14.1. The molecule has 1 aliphatic heterocycles. The normalized spacial score (nSPS) is 23.1. The highest BCUT2D eigenvalue weighted by Gasteiger charge is 2.55. The van der Waals surface area contributed by atoms with E-state index in [1.54, 1.807) is 12.1 Å². The third-order valence-electron chi connectivity index (χ3n) is 5.44. The molecule has 2 N–H and O–H groups in total.